The van der Waals surface area contributed by atoms with E-state index in [1.165, 1.54) is 16.2 Å². The van der Waals surface area contributed by atoms with Crippen molar-refractivity contribution in [3.63, 3.8) is 0 Å². The molecular weight excluding hydrogens is 264 g/mol. The van der Waals surface area contributed by atoms with E-state index in [-0.39, 0.29) is 11.4 Å². The summed E-state index contributed by atoms with van der Waals surface area (Å²) in [5.74, 6) is 0.806. The molecule has 96 valence electrons. The Bertz CT molecular complexity index is 792. The van der Waals surface area contributed by atoms with Crippen LogP contribution >= 0.6 is 11.8 Å². The molecule has 3 rings (SSSR count). The first-order chi connectivity index (χ1) is 9.13. The van der Waals surface area contributed by atoms with Crippen molar-refractivity contribution >= 4 is 17.4 Å². The number of benzene rings is 1. The average Bonchev–Trinajstić information content (AvgIpc) is 2.74. The Labute approximate surface area is 112 Å². The molecular formula is C12H10N4O2S. The number of rotatable bonds is 2. The van der Waals surface area contributed by atoms with Crippen molar-refractivity contribution in [3.8, 4) is 5.75 Å². The number of nitrogens with zero attached hydrogens (tertiary/aromatic N) is 3. The van der Waals surface area contributed by atoms with Crippen LogP contribution in [0, 0.1) is 6.92 Å². The molecule has 0 aliphatic heterocycles. The molecule has 3 aromatic rings. The maximum Gasteiger partial charge on any atom is 0.349 e. The molecule has 1 aromatic carbocycles. The largest absolute Gasteiger partial charge is 0.508 e. The van der Waals surface area contributed by atoms with E-state index in [1.807, 2.05) is 0 Å². The first-order valence-electron chi connectivity index (χ1n) is 5.55. The van der Waals surface area contributed by atoms with Crippen molar-refractivity contribution in [3.05, 3.63) is 46.6 Å². The van der Waals surface area contributed by atoms with Gasteiger partial charge in [0.2, 0.25) is 0 Å². The molecule has 0 aliphatic carbocycles. The summed E-state index contributed by atoms with van der Waals surface area (Å²) >= 11 is 1.44. The summed E-state index contributed by atoms with van der Waals surface area (Å²) in [6.07, 6.45) is 0. The van der Waals surface area contributed by atoms with Crippen molar-refractivity contribution in [1.82, 2.24) is 19.6 Å². The van der Waals surface area contributed by atoms with E-state index in [4.69, 9.17) is 0 Å². The van der Waals surface area contributed by atoms with Crippen LogP contribution in [-0.4, -0.2) is 24.7 Å². The van der Waals surface area contributed by atoms with Gasteiger partial charge in [0.05, 0.1) is 0 Å². The lowest BCUT2D eigenvalue weighted by atomic mass is 10.3. The van der Waals surface area contributed by atoms with E-state index in [9.17, 15) is 9.90 Å². The number of fused-ring (bicyclic) bond motifs is 1. The molecule has 19 heavy (non-hydrogen) atoms. The summed E-state index contributed by atoms with van der Waals surface area (Å²) in [6.45, 7) is 1.75. The van der Waals surface area contributed by atoms with Gasteiger partial charge in [0.25, 0.3) is 0 Å². The summed E-state index contributed by atoms with van der Waals surface area (Å²) in [5.41, 5.74) is 0.250. The lowest BCUT2D eigenvalue weighted by molar-refractivity contribution is 0.475. The molecule has 0 radical (unpaired) electrons. The van der Waals surface area contributed by atoms with Crippen LogP contribution in [0.5, 0.6) is 5.75 Å². The number of H-pyrrole nitrogens is 1. The third kappa shape index (κ3) is 2.19. The number of aromatic nitrogens is 4. The molecule has 0 atom stereocenters. The highest BCUT2D eigenvalue weighted by Gasteiger charge is 2.08. The summed E-state index contributed by atoms with van der Waals surface area (Å²) in [5, 5.41) is 16.3. The van der Waals surface area contributed by atoms with Crippen molar-refractivity contribution in [2.75, 3.05) is 0 Å². The Morgan fingerprint density at radius 1 is 1.32 bits per heavy atom. The van der Waals surface area contributed by atoms with Gasteiger partial charge in [-0.15, -0.1) is 0 Å². The van der Waals surface area contributed by atoms with Gasteiger partial charge in [-0.3, -0.25) is 0 Å². The predicted octanol–water partition coefficient (Wildman–Crippen LogP) is 1.58. The van der Waals surface area contributed by atoms with Crippen LogP contribution in [0.4, 0.5) is 0 Å². The van der Waals surface area contributed by atoms with Crippen LogP contribution in [0.1, 0.15) is 5.82 Å². The highest BCUT2D eigenvalue weighted by Crippen LogP contribution is 2.27. The van der Waals surface area contributed by atoms with E-state index in [1.54, 1.807) is 37.3 Å². The minimum atomic E-state index is -0.291. The van der Waals surface area contributed by atoms with Crippen molar-refractivity contribution in [1.29, 1.82) is 0 Å². The summed E-state index contributed by atoms with van der Waals surface area (Å²) in [4.78, 5) is 16.8. The highest BCUT2D eigenvalue weighted by molar-refractivity contribution is 7.99. The van der Waals surface area contributed by atoms with Gasteiger partial charge in [-0.2, -0.15) is 5.10 Å². The predicted molar refractivity (Wildman–Crippen MR) is 70.6 cm³/mol. The topological polar surface area (TPSA) is 83.3 Å². The van der Waals surface area contributed by atoms with Gasteiger partial charge in [0.1, 0.15) is 16.6 Å². The molecule has 2 heterocycles. The minimum absolute atomic E-state index is 0.225. The Balaban J connectivity index is 2.01. The summed E-state index contributed by atoms with van der Waals surface area (Å²) < 4.78 is 1.42. The molecule has 2 N–H and O–H groups in total. The van der Waals surface area contributed by atoms with Gasteiger partial charge in [-0.1, -0.05) is 11.8 Å². The van der Waals surface area contributed by atoms with E-state index >= 15 is 0 Å². The van der Waals surface area contributed by atoms with Gasteiger partial charge in [0.15, 0.2) is 5.65 Å². The first kappa shape index (κ1) is 11.8. The van der Waals surface area contributed by atoms with Gasteiger partial charge in [-0.05, 0) is 31.2 Å². The van der Waals surface area contributed by atoms with Crippen LogP contribution in [0.2, 0.25) is 0 Å². The number of hydrogen-bond acceptors (Lipinski definition) is 5. The average molecular weight is 274 g/mol. The number of phenols is 1. The maximum absolute atomic E-state index is 11.5. The number of aromatic hydroxyl groups is 1. The van der Waals surface area contributed by atoms with E-state index in [0.717, 1.165) is 9.92 Å². The monoisotopic (exact) mass is 274 g/mol. The first-order valence-corrected chi connectivity index (χ1v) is 6.37. The molecule has 0 saturated heterocycles. The molecule has 0 spiro atoms. The van der Waals surface area contributed by atoms with Gasteiger partial charge >= 0.3 is 5.69 Å². The quantitative estimate of drug-likeness (QED) is 0.693. The Morgan fingerprint density at radius 3 is 2.79 bits per heavy atom. The molecule has 0 fully saturated rings. The second-order valence-electron chi connectivity index (χ2n) is 3.96. The molecule has 2 aromatic heterocycles. The third-order valence-electron chi connectivity index (χ3n) is 2.61. The van der Waals surface area contributed by atoms with Crippen LogP contribution in [0.3, 0.4) is 0 Å². The molecule has 0 amide bonds. The van der Waals surface area contributed by atoms with Crippen molar-refractivity contribution in [2.24, 2.45) is 0 Å². The Hall–Kier alpha value is -2.28. The van der Waals surface area contributed by atoms with Gasteiger partial charge in [0, 0.05) is 11.0 Å². The SMILES string of the molecule is Cc1nc(Sc2ccc(O)cc2)cc2n[nH]c(=O)n12. The van der Waals surface area contributed by atoms with Crippen molar-refractivity contribution in [2.45, 2.75) is 16.8 Å². The molecule has 0 aliphatic rings. The van der Waals surface area contributed by atoms with Crippen LogP contribution in [0.15, 0.2) is 45.0 Å². The zero-order chi connectivity index (χ0) is 13.4. The fourth-order valence-electron chi connectivity index (χ4n) is 1.76. The molecule has 7 heteroatoms. The lowest BCUT2D eigenvalue weighted by Gasteiger charge is -2.03. The zero-order valence-electron chi connectivity index (χ0n) is 9.99. The number of phenolic OH excluding ortho intramolecular Hbond substituents is 1. The minimum Gasteiger partial charge on any atom is -0.508 e. The highest BCUT2D eigenvalue weighted by atomic mass is 32.2. The summed E-state index contributed by atoms with van der Waals surface area (Å²) in [7, 11) is 0. The number of aryl methyl sites for hydroxylation is 1. The maximum atomic E-state index is 11.5. The normalized spacial score (nSPS) is 11.0. The standard InChI is InChI=1S/C12H10N4O2S/c1-7-13-11(6-10-14-15-12(18)16(7)10)19-9-4-2-8(17)3-5-9/h2-6,17H,1H3,(H,15,18). The number of nitrogens with one attached hydrogen (secondary N) is 1. The van der Waals surface area contributed by atoms with Crippen LogP contribution in [-0.2, 0) is 0 Å². The van der Waals surface area contributed by atoms with E-state index < -0.39 is 0 Å². The molecule has 0 bridgehead atoms. The molecule has 0 unspecified atom stereocenters. The van der Waals surface area contributed by atoms with Crippen LogP contribution < -0.4 is 5.69 Å². The van der Waals surface area contributed by atoms with Crippen LogP contribution in [0.25, 0.3) is 5.65 Å². The lowest BCUT2D eigenvalue weighted by Crippen LogP contribution is -2.13. The Kier molecular flexibility index (Phi) is 2.75. The fourth-order valence-corrected chi connectivity index (χ4v) is 2.61. The third-order valence-corrected chi connectivity index (χ3v) is 3.53. The number of aromatic amines is 1. The summed E-state index contributed by atoms with van der Waals surface area (Å²) in [6, 6.07) is 8.58. The smallest absolute Gasteiger partial charge is 0.349 e. The van der Waals surface area contributed by atoms with Crippen molar-refractivity contribution < 1.29 is 5.11 Å². The molecule has 0 saturated carbocycles. The second-order valence-corrected chi connectivity index (χ2v) is 5.05. The zero-order valence-corrected chi connectivity index (χ0v) is 10.8. The Morgan fingerprint density at radius 2 is 2.05 bits per heavy atom. The van der Waals surface area contributed by atoms with Gasteiger partial charge < -0.3 is 5.11 Å². The van der Waals surface area contributed by atoms with Gasteiger partial charge in [-0.25, -0.2) is 19.3 Å². The second kappa shape index (κ2) is 4.43. The van der Waals surface area contributed by atoms with E-state index in [0.29, 0.717) is 11.5 Å². The fraction of sp³-hybridized carbons (Fsp3) is 0.0833. The van der Waals surface area contributed by atoms with E-state index in [2.05, 4.69) is 15.2 Å². The molecule has 6 nitrogen and oxygen atoms in total. The number of hydrogen-bond donors (Lipinski definition) is 2.